The maximum absolute atomic E-state index is 14.5. The van der Waals surface area contributed by atoms with E-state index < -0.39 is 102 Å². The lowest BCUT2D eigenvalue weighted by atomic mass is 9.94. The largest absolute Gasteiger partial charge is 0.435 e. The molecule has 0 spiro atoms. The molecule has 0 bridgehead atoms. The maximum Gasteiger partial charge on any atom is 0.435 e. The van der Waals surface area contributed by atoms with Crippen molar-refractivity contribution in [2.45, 2.75) is 49.9 Å². The molecule has 12 nitrogen and oxygen atoms in total. The first-order chi connectivity index (χ1) is 37.9. The topological polar surface area (TPSA) is 212 Å². The van der Waals surface area contributed by atoms with E-state index in [9.17, 15) is 91.2 Å². The molecular formula is C52H26BrCl3F14N8O4. The van der Waals surface area contributed by atoms with Crippen LogP contribution in [0, 0.1) is 59.2 Å². The number of aryl methyl sites for hydroxylation is 2. The number of anilines is 4. The summed E-state index contributed by atoms with van der Waals surface area (Å²) in [5.41, 5.74) is -15.4. The maximum atomic E-state index is 14.5. The van der Waals surface area contributed by atoms with Crippen molar-refractivity contribution in [1.29, 1.82) is 21.0 Å². The van der Waals surface area contributed by atoms with E-state index in [-0.39, 0.29) is 69.0 Å². The average Bonchev–Trinajstić information content (AvgIpc) is 2.96. The summed E-state index contributed by atoms with van der Waals surface area (Å²) < 4.78 is 186. The lowest BCUT2D eigenvalue weighted by Crippen LogP contribution is -2.50. The van der Waals surface area contributed by atoms with Crippen LogP contribution in [0.25, 0.3) is 0 Å². The van der Waals surface area contributed by atoms with Crippen molar-refractivity contribution in [3.63, 3.8) is 0 Å². The first-order valence-electron chi connectivity index (χ1n) is 21.9. The third-order valence-corrected chi connectivity index (χ3v) is 12.9. The molecule has 0 atom stereocenters. The zero-order valence-electron chi connectivity index (χ0n) is 40.5. The fourth-order valence-corrected chi connectivity index (χ4v) is 8.78. The number of rotatable bonds is 10. The summed E-state index contributed by atoms with van der Waals surface area (Å²) in [5, 5.41) is 43.3. The SMILES string of the molecule is Cc1cc(C#N)ccc1C(=O)Nc1cc(C(=O)Nc2c(Cl)cc(C(F)(C(F)(F)F)C(F)(F)F)cc2Br)ccc1C#N.Cc1cc(C#N)ccc1C(=O)Nc1cc(C(=O)Nc2c(Cl)cc(C(F)(C(F)(F)F)C(F)(F)F)cc2Cl)ccc1C#N. The zero-order valence-corrected chi connectivity index (χ0v) is 44.3. The van der Waals surface area contributed by atoms with E-state index in [1.807, 2.05) is 24.3 Å². The molecule has 0 saturated carbocycles. The lowest BCUT2D eigenvalue weighted by molar-refractivity contribution is -0.349. The highest BCUT2D eigenvalue weighted by Gasteiger charge is 2.74. The summed E-state index contributed by atoms with van der Waals surface area (Å²) in [4.78, 5) is 51.4. The third-order valence-electron chi connectivity index (χ3n) is 11.4. The van der Waals surface area contributed by atoms with Crippen LogP contribution in [0.5, 0.6) is 0 Å². The van der Waals surface area contributed by atoms with E-state index in [4.69, 9.17) is 45.3 Å². The van der Waals surface area contributed by atoms with Gasteiger partial charge >= 0.3 is 36.0 Å². The summed E-state index contributed by atoms with van der Waals surface area (Å²) in [6, 6.07) is 23.1. The highest BCUT2D eigenvalue weighted by molar-refractivity contribution is 9.10. The van der Waals surface area contributed by atoms with Crippen molar-refractivity contribution < 1.29 is 80.6 Å². The van der Waals surface area contributed by atoms with Crippen molar-refractivity contribution in [2.75, 3.05) is 21.3 Å². The van der Waals surface area contributed by atoms with Gasteiger partial charge in [0.2, 0.25) is 0 Å². The Bertz CT molecular complexity index is 3450. The Morgan fingerprint density at radius 3 is 1.06 bits per heavy atom. The number of hydrogen-bond acceptors (Lipinski definition) is 8. The monoisotopic (exact) mass is 1280 g/mol. The molecule has 0 aliphatic heterocycles. The molecule has 0 saturated heterocycles. The molecule has 82 heavy (non-hydrogen) atoms. The van der Waals surface area contributed by atoms with E-state index in [2.05, 4.69) is 37.2 Å². The van der Waals surface area contributed by atoms with Gasteiger partial charge in [0.25, 0.3) is 23.6 Å². The molecule has 6 aromatic rings. The minimum absolute atomic E-state index is 0.0361. The molecule has 424 valence electrons. The third kappa shape index (κ3) is 13.3. The van der Waals surface area contributed by atoms with Crippen molar-refractivity contribution >= 4 is 97.1 Å². The number of nitriles is 4. The molecular weight excluding hydrogens is 1250 g/mol. The molecule has 6 rings (SSSR count). The molecule has 0 radical (unpaired) electrons. The summed E-state index contributed by atoms with van der Waals surface area (Å²) in [7, 11) is 0. The summed E-state index contributed by atoms with van der Waals surface area (Å²) in [6.45, 7) is 3.15. The van der Waals surface area contributed by atoms with Gasteiger partial charge in [-0.05, 0) is 138 Å². The number of hydrogen-bond donors (Lipinski definition) is 4. The minimum Gasteiger partial charge on any atom is -0.321 e. The Morgan fingerprint density at radius 1 is 0.427 bits per heavy atom. The fraction of sp³-hybridized carbons (Fsp3) is 0.154. The van der Waals surface area contributed by atoms with Crippen LogP contribution >= 0.6 is 50.7 Å². The van der Waals surface area contributed by atoms with Gasteiger partial charge in [-0.3, -0.25) is 19.2 Å². The van der Waals surface area contributed by atoms with Gasteiger partial charge in [0, 0.05) is 37.9 Å². The van der Waals surface area contributed by atoms with Gasteiger partial charge in [0.1, 0.15) is 12.1 Å². The first-order valence-corrected chi connectivity index (χ1v) is 23.8. The highest BCUT2D eigenvalue weighted by Crippen LogP contribution is 2.56. The van der Waals surface area contributed by atoms with Crippen molar-refractivity contribution in [1.82, 2.24) is 0 Å². The summed E-state index contributed by atoms with van der Waals surface area (Å²) >= 11 is 20.2. The van der Waals surface area contributed by atoms with Crippen molar-refractivity contribution in [2.24, 2.45) is 0 Å². The van der Waals surface area contributed by atoms with Crippen LogP contribution in [0.4, 0.5) is 84.2 Å². The quantitative estimate of drug-likeness (QED) is 0.0967. The van der Waals surface area contributed by atoms with E-state index in [0.717, 1.165) is 30.3 Å². The molecule has 4 N–H and O–H groups in total. The summed E-state index contributed by atoms with van der Waals surface area (Å²) in [5.74, 6) is -3.40. The number of nitrogens with zero attached hydrogens (tertiary/aromatic N) is 4. The molecule has 30 heteroatoms. The number of halogens is 18. The molecule has 0 aromatic heterocycles. The van der Waals surface area contributed by atoms with Crippen molar-refractivity contribution in [3.05, 3.63) is 183 Å². The predicted molar refractivity (Wildman–Crippen MR) is 271 cm³/mol. The molecule has 0 fully saturated rings. The number of alkyl halides is 14. The second-order valence-electron chi connectivity index (χ2n) is 16.8. The van der Waals surface area contributed by atoms with Crippen LogP contribution in [-0.4, -0.2) is 48.3 Å². The van der Waals surface area contributed by atoms with Gasteiger partial charge in [0.05, 0.1) is 72.2 Å². The molecule has 4 amide bonds. The van der Waals surface area contributed by atoms with Crippen LogP contribution in [0.3, 0.4) is 0 Å². The molecule has 6 aromatic carbocycles. The van der Waals surface area contributed by atoms with E-state index in [1.165, 1.54) is 42.5 Å². The lowest BCUT2D eigenvalue weighted by Gasteiger charge is -2.30. The molecule has 0 aliphatic carbocycles. The van der Waals surface area contributed by atoms with Gasteiger partial charge in [-0.1, -0.05) is 34.8 Å². The number of carbonyl (C=O) groups is 4. The predicted octanol–water partition coefficient (Wildman–Crippen LogP) is 15.8. The van der Waals surface area contributed by atoms with E-state index in [0.29, 0.717) is 22.3 Å². The molecule has 0 unspecified atom stereocenters. The van der Waals surface area contributed by atoms with Gasteiger partial charge in [-0.2, -0.15) is 73.7 Å². The van der Waals surface area contributed by atoms with Crippen LogP contribution in [0.15, 0.2) is 102 Å². The Kier molecular flexibility index (Phi) is 19.1. The Balaban J connectivity index is 0.000000301. The number of benzene rings is 6. The second-order valence-corrected chi connectivity index (χ2v) is 18.9. The summed E-state index contributed by atoms with van der Waals surface area (Å²) in [6.07, 6.45) is -25.6. The standard InChI is InChI=1S/C26H13BrClF7N4O2.C26H13Cl2F7N4O2/c2*1-12-6-13(10-36)2-5-17(12)23(41)38-20-7-14(3-4-15(20)11-37)22(40)39-21-18(27)8-16(9-19(21)28)24(29,25(30,31)32)26(33,34)35/h2*2-9H,1H3,(H,38,41)(H,39,40). The Morgan fingerprint density at radius 2 is 0.756 bits per heavy atom. The number of carbonyl (C=O) groups excluding carboxylic acids is 4. The second kappa shape index (κ2) is 24.3. The van der Waals surface area contributed by atoms with Crippen LogP contribution < -0.4 is 21.3 Å². The molecule has 0 aliphatic rings. The highest BCUT2D eigenvalue weighted by atomic mass is 79.9. The van der Waals surface area contributed by atoms with Crippen molar-refractivity contribution in [3.8, 4) is 24.3 Å². The number of nitrogens with one attached hydrogen (secondary N) is 4. The van der Waals surface area contributed by atoms with Gasteiger partial charge in [-0.15, -0.1) is 0 Å². The normalized spacial score (nSPS) is 11.8. The Labute approximate surface area is 475 Å². The van der Waals surface area contributed by atoms with E-state index in [1.54, 1.807) is 13.8 Å². The van der Waals surface area contributed by atoms with Crippen LogP contribution in [0.1, 0.15) is 85.9 Å². The van der Waals surface area contributed by atoms with Crippen LogP contribution in [0.2, 0.25) is 15.1 Å². The fourth-order valence-electron chi connectivity index (χ4n) is 7.26. The zero-order chi connectivity index (χ0) is 61.8. The van der Waals surface area contributed by atoms with Gasteiger partial charge in [-0.25, -0.2) is 8.78 Å². The average molecular weight is 1280 g/mol. The first kappa shape index (κ1) is 64.4. The van der Waals surface area contributed by atoms with Gasteiger partial charge in [0.15, 0.2) is 0 Å². The Hall–Kier alpha value is -8.47. The van der Waals surface area contributed by atoms with E-state index >= 15 is 0 Å². The molecule has 0 heterocycles. The smallest absolute Gasteiger partial charge is 0.321 e. The minimum atomic E-state index is -6.41. The van der Waals surface area contributed by atoms with Crippen LogP contribution in [-0.2, 0) is 11.3 Å². The number of amides is 4. The van der Waals surface area contributed by atoms with Gasteiger partial charge < -0.3 is 21.3 Å².